The first-order chi connectivity index (χ1) is 7.55. The number of hydrogen-bond acceptors (Lipinski definition) is 3. The van der Waals surface area contributed by atoms with Crippen LogP contribution < -0.4 is 5.73 Å². The molecule has 5 heteroatoms. The highest BCUT2D eigenvalue weighted by Gasteiger charge is 2.47. The zero-order valence-corrected chi connectivity index (χ0v) is 8.52. The lowest BCUT2D eigenvalue weighted by atomic mass is 9.81. The van der Waals surface area contributed by atoms with Crippen LogP contribution in [-0.4, -0.2) is 24.3 Å². The van der Waals surface area contributed by atoms with Crippen molar-refractivity contribution in [2.24, 2.45) is 11.7 Å². The van der Waals surface area contributed by atoms with Crippen molar-refractivity contribution >= 4 is 5.97 Å². The molecule has 0 aliphatic carbocycles. The minimum Gasteiger partial charge on any atom is -0.481 e. The van der Waals surface area contributed by atoms with E-state index in [1.807, 2.05) is 0 Å². The molecule has 0 amide bonds. The Morgan fingerprint density at radius 1 is 1.56 bits per heavy atom. The van der Waals surface area contributed by atoms with Gasteiger partial charge in [-0.15, -0.1) is 0 Å². The fourth-order valence-corrected chi connectivity index (χ4v) is 1.99. The SMILES string of the molecule is N[C@]1(c2ccccc2F)COC[C@H]1C(=O)O. The first-order valence-corrected chi connectivity index (χ1v) is 4.90. The molecule has 0 unspecified atom stereocenters. The summed E-state index contributed by atoms with van der Waals surface area (Å²) >= 11 is 0. The second-order valence-corrected chi connectivity index (χ2v) is 3.93. The van der Waals surface area contributed by atoms with E-state index in [9.17, 15) is 9.18 Å². The van der Waals surface area contributed by atoms with E-state index in [4.69, 9.17) is 15.6 Å². The third kappa shape index (κ3) is 1.58. The summed E-state index contributed by atoms with van der Waals surface area (Å²) in [5.41, 5.74) is 4.89. The molecule has 1 fully saturated rings. The van der Waals surface area contributed by atoms with E-state index < -0.39 is 23.2 Å². The number of hydrogen-bond donors (Lipinski definition) is 2. The van der Waals surface area contributed by atoms with Gasteiger partial charge in [-0.1, -0.05) is 18.2 Å². The largest absolute Gasteiger partial charge is 0.481 e. The predicted octanol–water partition coefficient (Wildman–Crippen LogP) is 0.711. The number of rotatable bonds is 2. The van der Waals surface area contributed by atoms with Gasteiger partial charge in [0.05, 0.1) is 18.8 Å². The monoisotopic (exact) mass is 225 g/mol. The molecule has 2 atom stereocenters. The van der Waals surface area contributed by atoms with Crippen molar-refractivity contribution in [3.8, 4) is 0 Å². The topological polar surface area (TPSA) is 72.5 Å². The van der Waals surface area contributed by atoms with Crippen LogP contribution in [0, 0.1) is 11.7 Å². The maximum atomic E-state index is 13.6. The van der Waals surface area contributed by atoms with Crippen molar-refractivity contribution in [1.29, 1.82) is 0 Å². The molecule has 0 radical (unpaired) electrons. The number of aliphatic carboxylic acids is 1. The molecule has 3 N–H and O–H groups in total. The zero-order chi connectivity index (χ0) is 11.8. The molecule has 0 aromatic heterocycles. The minimum absolute atomic E-state index is 0.0141. The number of ether oxygens (including phenoxy) is 1. The fourth-order valence-electron chi connectivity index (χ4n) is 1.99. The van der Waals surface area contributed by atoms with Gasteiger partial charge in [0, 0.05) is 5.56 Å². The van der Waals surface area contributed by atoms with Gasteiger partial charge in [0.25, 0.3) is 0 Å². The van der Waals surface area contributed by atoms with Gasteiger partial charge in [0.1, 0.15) is 11.7 Å². The zero-order valence-electron chi connectivity index (χ0n) is 8.52. The van der Waals surface area contributed by atoms with Crippen LogP contribution in [0.15, 0.2) is 24.3 Å². The van der Waals surface area contributed by atoms with E-state index in [1.165, 1.54) is 18.2 Å². The molecule has 1 aliphatic heterocycles. The summed E-state index contributed by atoms with van der Waals surface area (Å²) in [5.74, 6) is -2.48. The number of benzene rings is 1. The highest BCUT2D eigenvalue weighted by molar-refractivity contribution is 5.73. The molecule has 16 heavy (non-hydrogen) atoms. The Bertz CT molecular complexity index is 423. The number of carboxylic acid groups (broad SMARTS) is 1. The average molecular weight is 225 g/mol. The summed E-state index contributed by atoms with van der Waals surface area (Å²) in [6.45, 7) is 0.0328. The van der Waals surface area contributed by atoms with Gasteiger partial charge in [0.15, 0.2) is 0 Å². The fraction of sp³-hybridized carbons (Fsp3) is 0.364. The van der Waals surface area contributed by atoms with Crippen LogP contribution in [0.1, 0.15) is 5.56 Å². The maximum absolute atomic E-state index is 13.6. The molecular weight excluding hydrogens is 213 g/mol. The number of halogens is 1. The highest BCUT2D eigenvalue weighted by Crippen LogP contribution is 2.34. The Balaban J connectivity index is 2.45. The number of carboxylic acids is 1. The van der Waals surface area contributed by atoms with Crippen LogP contribution in [0.25, 0.3) is 0 Å². The smallest absolute Gasteiger partial charge is 0.311 e. The Hall–Kier alpha value is -1.46. The van der Waals surface area contributed by atoms with Crippen LogP contribution in [0.3, 0.4) is 0 Å². The Morgan fingerprint density at radius 2 is 2.25 bits per heavy atom. The molecule has 1 aliphatic rings. The summed E-state index contributed by atoms with van der Waals surface area (Å²) in [6, 6.07) is 5.93. The second-order valence-electron chi connectivity index (χ2n) is 3.93. The molecular formula is C11H12FNO3. The Labute approximate surface area is 91.8 Å². The third-order valence-electron chi connectivity index (χ3n) is 2.92. The van der Waals surface area contributed by atoms with Crippen LogP contribution in [0.5, 0.6) is 0 Å². The van der Waals surface area contributed by atoms with Gasteiger partial charge < -0.3 is 15.6 Å². The quantitative estimate of drug-likeness (QED) is 0.777. The molecule has 0 bridgehead atoms. The summed E-state index contributed by atoms with van der Waals surface area (Å²) in [6.07, 6.45) is 0. The van der Waals surface area contributed by atoms with Crippen molar-refractivity contribution in [3.05, 3.63) is 35.6 Å². The minimum atomic E-state index is -1.28. The lowest BCUT2D eigenvalue weighted by Crippen LogP contribution is -2.47. The van der Waals surface area contributed by atoms with Gasteiger partial charge in [-0.05, 0) is 6.07 Å². The van der Waals surface area contributed by atoms with Gasteiger partial charge in [-0.3, -0.25) is 4.79 Å². The molecule has 0 spiro atoms. The number of carbonyl (C=O) groups is 1. The Morgan fingerprint density at radius 3 is 2.88 bits per heavy atom. The second kappa shape index (κ2) is 3.84. The van der Waals surface area contributed by atoms with Crippen molar-refractivity contribution in [2.45, 2.75) is 5.54 Å². The van der Waals surface area contributed by atoms with Crippen LogP contribution in [-0.2, 0) is 15.1 Å². The molecule has 4 nitrogen and oxygen atoms in total. The van der Waals surface area contributed by atoms with Crippen LogP contribution >= 0.6 is 0 Å². The molecule has 1 saturated heterocycles. The van der Waals surface area contributed by atoms with E-state index in [1.54, 1.807) is 6.07 Å². The summed E-state index contributed by atoms with van der Waals surface area (Å²) in [7, 11) is 0. The molecule has 1 aromatic rings. The maximum Gasteiger partial charge on any atom is 0.311 e. The van der Waals surface area contributed by atoms with Gasteiger partial charge >= 0.3 is 5.97 Å². The lowest BCUT2D eigenvalue weighted by Gasteiger charge is -2.27. The normalized spacial score (nSPS) is 29.2. The van der Waals surface area contributed by atoms with E-state index in [0.29, 0.717) is 0 Å². The first kappa shape index (κ1) is 11.0. The lowest BCUT2D eigenvalue weighted by molar-refractivity contribution is -0.143. The standard InChI is InChI=1S/C11H12FNO3/c12-9-4-2-1-3-7(9)11(13)6-16-5-8(11)10(14)15/h1-4,8H,5-6,13H2,(H,14,15)/t8-,11-/m0/s1. The summed E-state index contributed by atoms with van der Waals surface area (Å²) in [5, 5.41) is 9.02. The van der Waals surface area contributed by atoms with Crippen molar-refractivity contribution in [2.75, 3.05) is 13.2 Å². The summed E-state index contributed by atoms with van der Waals surface area (Å²) in [4.78, 5) is 11.0. The van der Waals surface area contributed by atoms with Gasteiger partial charge in [0.2, 0.25) is 0 Å². The molecule has 86 valence electrons. The highest BCUT2D eigenvalue weighted by atomic mass is 19.1. The summed E-state index contributed by atoms with van der Waals surface area (Å²) < 4.78 is 18.7. The van der Waals surface area contributed by atoms with E-state index >= 15 is 0 Å². The molecule has 1 aromatic carbocycles. The van der Waals surface area contributed by atoms with Crippen molar-refractivity contribution < 1.29 is 19.0 Å². The van der Waals surface area contributed by atoms with Crippen LogP contribution in [0.2, 0.25) is 0 Å². The predicted molar refractivity (Wildman–Crippen MR) is 54.2 cm³/mol. The van der Waals surface area contributed by atoms with E-state index in [0.717, 1.165) is 0 Å². The van der Waals surface area contributed by atoms with Gasteiger partial charge in [-0.25, -0.2) is 4.39 Å². The van der Waals surface area contributed by atoms with Gasteiger partial charge in [-0.2, -0.15) is 0 Å². The molecule has 1 heterocycles. The van der Waals surface area contributed by atoms with Crippen LogP contribution in [0.4, 0.5) is 4.39 Å². The third-order valence-corrected chi connectivity index (χ3v) is 2.92. The molecule has 0 saturated carbocycles. The average Bonchev–Trinajstić information content (AvgIpc) is 2.62. The first-order valence-electron chi connectivity index (χ1n) is 4.90. The Kier molecular flexibility index (Phi) is 2.65. The van der Waals surface area contributed by atoms with E-state index in [-0.39, 0.29) is 18.8 Å². The van der Waals surface area contributed by atoms with E-state index in [2.05, 4.69) is 0 Å². The van der Waals surface area contributed by atoms with Crippen molar-refractivity contribution in [3.63, 3.8) is 0 Å². The molecule has 2 rings (SSSR count). The number of nitrogens with two attached hydrogens (primary N) is 1. The van der Waals surface area contributed by atoms with Crippen molar-refractivity contribution in [1.82, 2.24) is 0 Å².